The van der Waals surface area contributed by atoms with E-state index in [9.17, 15) is 22.8 Å². The standard InChI is InChI=1S/C19H14F3N3O2S/c20-19(21,22)13-6-4-5-12(9-13)18-25-15(11-28-18)17(27)23-10-16(26)24-14-7-2-1-3-8-14/h1-9,11H,10H2,(H,23,27)(H,24,26). The fourth-order valence-electron chi connectivity index (χ4n) is 2.32. The first-order valence-electron chi connectivity index (χ1n) is 8.09. The second kappa shape index (κ2) is 8.22. The number of nitrogens with zero attached hydrogens (tertiary/aromatic N) is 1. The van der Waals surface area contributed by atoms with Crippen LogP contribution in [0, 0.1) is 0 Å². The maximum Gasteiger partial charge on any atom is 0.416 e. The van der Waals surface area contributed by atoms with Crippen molar-refractivity contribution in [3.63, 3.8) is 0 Å². The molecule has 2 aromatic carbocycles. The molecule has 2 N–H and O–H groups in total. The summed E-state index contributed by atoms with van der Waals surface area (Å²) < 4.78 is 38.5. The van der Waals surface area contributed by atoms with Crippen molar-refractivity contribution in [3.05, 3.63) is 71.2 Å². The molecule has 0 spiro atoms. The Balaban J connectivity index is 1.62. The van der Waals surface area contributed by atoms with Crippen molar-refractivity contribution in [1.82, 2.24) is 10.3 Å². The van der Waals surface area contributed by atoms with Crippen LogP contribution in [-0.2, 0) is 11.0 Å². The fourth-order valence-corrected chi connectivity index (χ4v) is 3.11. The van der Waals surface area contributed by atoms with Crippen LogP contribution in [0.25, 0.3) is 10.6 Å². The van der Waals surface area contributed by atoms with Crippen LogP contribution in [0.3, 0.4) is 0 Å². The van der Waals surface area contributed by atoms with E-state index in [1.807, 2.05) is 6.07 Å². The highest BCUT2D eigenvalue weighted by Gasteiger charge is 2.30. The summed E-state index contributed by atoms with van der Waals surface area (Å²) in [6, 6.07) is 13.5. The van der Waals surface area contributed by atoms with Crippen molar-refractivity contribution in [2.45, 2.75) is 6.18 Å². The van der Waals surface area contributed by atoms with E-state index in [1.165, 1.54) is 17.5 Å². The molecule has 1 heterocycles. The van der Waals surface area contributed by atoms with Crippen LogP contribution in [0.5, 0.6) is 0 Å². The molecular weight excluding hydrogens is 391 g/mol. The first-order chi connectivity index (χ1) is 13.3. The van der Waals surface area contributed by atoms with E-state index in [0.29, 0.717) is 5.69 Å². The van der Waals surface area contributed by atoms with Crippen LogP contribution < -0.4 is 10.6 Å². The van der Waals surface area contributed by atoms with Gasteiger partial charge in [-0.3, -0.25) is 9.59 Å². The summed E-state index contributed by atoms with van der Waals surface area (Å²) in [7, 11) is 0. The summed E-state index contributed by atoms with van der Waals surface area (Å²) in [6.45, 7) is -0.260. The molecule has 144 valence electrons. The van der Waals surface area contributed by atoms with Gasteiger partial charge in [-0.15, -0.1) is 11.3 Å². The highest BCUT2D eigenvalue weighted by molar-refractivity contribution is 7.13. The number of aromatic nitrogens is 1. The molecule has 1 aromatic heterocycles. The lowest BCUT2D eigenvalue weighted by molar-refractivity contribution is -0.137. The first kappa shape index (κ1) is 19.6. The Hall–Kier alpha value is -3.20. The zero-order valence-corrected chi connectivity index (χ0v) is 15.1. The summed E-state index contributed by atoms with van der Waals surface area (Å²) in [5.74, 6) is -0.995. The maximum absolute atomic E-state index is 12.8. The van der Waals surface area contributed by atoms with Gasteiger partial charge in [0.25, 0.3) is 5.91 Å². The highest BCUT2D eigenvalue weighted by Crippen LogP contribution is 2.33. The minimum Gasteiger partial charge on any atom is -0.342 e. The van der Waals surface area contributed by atoms with Crippen molar-refractivity contribution in [2.75, 3.05) is 11.9 Å². The molecule has 0 atom stereocenters. The smallest absolute Gasteiger partial charge is 0.342 e. The maximum atomic E-state index is 12.8. The molecule has 0 aliphatic rings. The van der Waals surface area contributed by atoms with E-state index >= 15 is 0 Å². The molecule has 3 aromatic rings. The van der Waals surface area contributed by atoms with Crippen molar-refractivity contribution in [1.29, 1.82) is 0 Å². The summed E-state index contributed by atoms with van der Waals surface area (Å²) in [5.41, 5.74) is 0.108. The molecule has 28 heavy (non-hydrogen) atoms. The Bertz CT molecular complexity index is 987. The molecule has 9 heteroatoms. The zero-order chi connectivity index (χ0) is 20.1. The molecule has 0 fully saturated rings. The van der Waals surface area contributed by atoms with Crippen LogP contribution in [0.4, 0.5) is 18.9 Å². The number of nitrogens with one attached hydrogen (secondary N) is 2. The number of anilines is 1. The molecule has 0 radical (unpaired) electrons. The monoisotopic (exact) mass is 405 g/mol. The van der Waals surface area contributed by atoms with Gasteiger partial charge in [0, 0.05) is 16.6 Å². The summed E-state index contributed by atoms with van der Waals surface area (Å²) >= 11 is 1.05. The Morgan fingerprint density at radius 2 is 1.79 bits per heavy atom. The minimum atomic E-state index is -4.46. The summed E-state index contributed by atoms with van der Waals surface area (Å²) in [6.07, 6.45) is -4.46. The third-order valence-electron chi connectivity index (χ3n) is 3.64. The second-order valence-corrected chi connectivity index (χ2v) is 6.57. The minimum absolute atomic E-state index is 0.0323. The third-order valence-corrected chi connectivity index (χ3v) is 4.53. The van der Waals surface area contributed by atoms with E-state index in [-0.39, 0.29) is 22.8 Å². The Morgan fingerprint density at radius 1 is 1.04 bits per heavy atom. The number of rotatable bonds is 5. The van der Waals surface area contributed by atoms with Gasteiger partial charge in [0.2, 0.25) is 5.91 Å². The topological polar surface area (TPSA) is 71.1 Å². The zero-order valence-electron chi connectivity index (χ0n) is 14.3. The van der Waals surface area contributed by atoms with E-state index in [1.54, 1.807) is 24.3 Å². The number of amides is 2. The van der Waals surface area contributed by atoms with Gasteiger partial charge in [-0.1, -0.05) is 30.3 Å². The lowest BCUT2D eigenvalue weighted by Gasteiger charge is -2.07. The molecule has 5 nitrogen and oxygen atoms in total. The number of hydrogen-bond donors (Lipinski definition) is 2. The molecule has 0 saturated heterocycles. The number of carbonyl (C=O) groups is 2. The van der Waals surface area contributed by atoms with Crippen LogP contribution in [0.1, 0.15) is 16.1 Å². The van der Waals surface area contributed by atoms with Crippen molar-refractivity contribution in [3.8, 4) is 10.6 Å². The predicted molar refractivity (Wildman–Crippen MR) is 100.0 cm³/mol. The Morgan fingerprint density at radius 3 is 2.50 bits per heavy atom. The van der Waals surface area contributed by atoms with Crippen LogP contribution >= 0.6 is 11.3 Å². The molecule has 0 unspecified atom stereocenters. The van der Waals surface area contributed by atoms with E-state index < -0.39 is 23.6 Å². The molecule has 0 saturated carbocycles. The Kier molecular flexibility index (Phi) is 5.74. The van der Waals surface area contributed by atoms with Crippen LogP contribution in [-0.4, -0.2) is 23.3 Å². The van der Waals surface area contributed by atoms with E-state index in [4.69, 9.17) is 0 Å². The van der Waals surface area contributed by atoms with Gasteiger partial charge < -0.3 is 10.6 Å². The largest absolute Gasteiger partial charge is 0.416 e. The molecule has 0 bridgehead atoms. The van der Waals surface area contributed by atoms with Crippen LogP contribution in [0.2, 0.25) is 0 Å². The average molecular weight is 405 g/mol. The van der Waals surface area contributed by atoms with Crippen molar-refractivity contribution in [2.24, 2.45) is 0 Å². The number of benzene rings is 2. The van der Waals surface area contributed by atoms with Crippen molar-refractivity contribution < 1.29 is 22.8 Å². The van der Waals surface area contributed by atoms with Gasteiger partial charge in [0.05, 0.1) is 12.1 Å². The van der Waals surface area contributed by atoms with E-state index in [2.05, 4.69) is 15.6 Å². The van der Waals surface area contributed by atoms with Gasteiger partial charge in [-0.25, -0.2) is 4.98 Å². The van der Waals surface area contributed by atoms with Gasteiger partial charge in [0.1, 0.15) is 10.7 Å². The summed E-state index contributed by atoms with van der Waals surface area (Å²) in [4.78, 5) is 28.1. The SMILES string of the molecule is O=C(CNC(=O)c1csc(-c2cccc(C(F)(F)F)c2)n1)Nc1ccccc1. The fraction of sp³-hybridized carbons (Fsp3) is 0.105. The molecule has 0 aliphatic heterocycles. The van der Waals surface area contributed by atoms with Gasteiger partial charge in [0.15, 0.2) is 0 Å². The lowest BCUT2D eigenvalue weighted by Crippen LogP contribution is -2.33. The normalized spacial score (nSPS) is 11.1. The number of carbonyl (C=O) groups excluding carboxylic acids is 2. The predicted octanol–water partition coefficient (Wildman–Crippen LogP) is 4.20. The number of hydrogen-bond acceptors (Lipinski definition) is 4. The van der Waals surface area contributed by atoms with Crippen LogP contribution in [0.15, 0.2) is 60.0 Å². The first-order valence-corrected chi connectivity index (χ1v) is 8.97. The average Bonchev–Trinajstić information content (AvgIpc) is 3.17. The number of halogens is 3. The third kappa shape index (κ3) is 4.95. The van der Waals surface area contributed by atoms with Gasteiger partial charge >= 0.3 is 6.18 Å². The van der Waals surface area contributed by atoms with Gasteiger partial charge in [-0.05, 0) is 24.3 Å². The molecular formula is C19H14F3N3O2S. The Labute approximate surface area is 162 Å². The lowest BCUT2D eigenvalue weighted by atomic mass is 10.1. The van der Waals surface area contributed by atoms with E-state index in [0.717, 1.165) is 23.5 Å². The van der Waals surface area contributed by atoms with Crippen molar-refractivity contribution >= 4 is 28.8 Å². The molecule has 0 aliphatic carbocycles. The number of para-hydroxylation sites is 1. The van der Waals surface area contributed by atoms with Gasteiger partial charge in [-0.2, -0.15) is 13.2 Å². The molecule has 2 amide bonds. The quantitative estimate of drug-likeness (QED) is 0.669. The number of alkyl halides is 3. The number of thiazole rings is 1. The summed E-state index contributed by atoms with van der Waals surface area (Å²) in [5, 5.41) is 6.77. The molecule has 3 rings (SSSR count). The highest BCUT2D eigenvalue weighted by atomic mass is 32.1. The second-order valence-electron chi connectivity index (χ2n) is 5.71.